The maximum atomic E-state index is 13.5. The molecule has 5 nitrogen and oxygen atoms in total. The number of nitrogens with one attached hydrogen (secondary N) is 1. The van der Waals surface area contributed by atoms with Crippen molar-refractivity contribution in [3.05, 3.63) is 65.2 Å². The fourth-order valence-corrected chi connectivity index (χ4v) is 6.18. The topological polar surface area (TPSA) is 62.2 Å². The van der Waals surface area contributed by atoms with Gasteiger partial charge in [0, 0.05) is 42.4 Å². The zero-order valence-electron chi connectivity index (χ0n) is 20.2. The maximum Gasteiger partial charge on any atom is 0.416 e. The first-order chi connectivity index (χ1) is 17.3. The zero-order chi connectivity index (χ0) is 25.3. The van der Waals surface area contributed by atoms with E-state index in [1.54, 1.807) is 0 Å². The van der Waals surface area contributed by atoms with Gasteiger partial charge in [-0.1, -0.05) is 36.4 Å². The monoisotopic (exact) mass is 498 g/mol. The van der Waals surface area contributed by atoms with Crippen LogP contribution in [0, 0.1) is 0 Å². The van der Waals surface area contributed by atoms with Crippen LogP contribution in [0.4, 0.5) is 13.2 Å². The lowest BCUT2D eigenvalue weighted by atomic mass is 9.91. The molecule has 0 spiro atoms. The van der Waals surface area contributed by atoms with Crippen LogP contribution >= 0.6 is 0 Å². The Morgan fingerprint density at radius 3 is 2.36 bits per heavy atom. The number of quaternary nitrogens is 1. The summed E-state index contributed by atoms with van der Waals surface area (Å²) in [7, 11) is 0. The van der Waals surface area contributed by atoms with E-state index in [1.165, 1.54) is 12.5 Å². The number of aromatic nitrogens is 1. The van der Waals surface area contributed by atoms with E-state index in [0.29, 0.717) is 23.8 Å². The van der Waals surface area contributed by atoms with Crippen LogP contribution in [0.1, 0.15) is 53.6 Å². The molecule has 36 heavy (non-hydrogen) atoms. The van der Waals surface area contributed by atoms with E-state index in [0.717, 1.165) is 74.0 Å². The average Bonchev–Trinajstić information content (AvgIpc) is 2.89. The lowest BCUT2D eigenvalue weighted by Crippen LogP contribution is -2.60. The summed E-state index contributed by atoms with van der Waals surface area (Å²) in [5.74, 6) is -1.13. The number of carbonyl (C=O) groups is 1. The quantitative estimate of drug-likeness (QED) is 0.432. The number of carboxylic acids is 1. The molecule has 0 bridgehead atoms. The van der Waals surface area contributed by atoms with Crippen molar-refractivity contribution >= 4 is 16.9 Å². The van der Waals surface area contributed by atoms with Crippen LogP contribution in [-0.4, -0.2) is 52.8 Å². The highest BCUT2D eigenvalue weighted by Gasteiger charge is 2.41. The van der Waals surface area contributed by atoms with Crippen molar-refractivity contribution in [1.82, 2.24) is 10.3 Å². The van der Waals surface area contributed by atoms with Gasteiger partial charge in [-0.05, 0) is 31.4 Å². The van der Waals surface area contributed by atoms with Crippen LogP contribution in [0.25, 0.3) is 22.2 Å². The van der Waals surface area contributed by atoms with Crippen molar-refractivity contribution in [3.8, 4) is 11.3 Å². The van der Waals surface area contributed by atoms with Gasteiger partial charge in [0.05, 0.1) is 41.5 Å². The molecule has 8 heteroatoms. The summed E-state index contributed by atoms with van der Waals surface area (Å²) in [6, 6.07) is 12.9. The number of benzene rings is 2. The molecule has 2 fully saturated rings. The SMILES string of the molecule is O=C(O)c1c(C[N+]2(C3CCNCC3)CCCCC2)c(-c2ccccc2)nc2cc(C(F)(F)F)ccc12. The molecule has 0 saturated carbocycles. The number of aromatic carboxylic acids is 1. The van der Waals surface area contributed by atoms with Gasteiger partial charge in [-0.2, -0.15) is 13.2 Å². The fourth-order valence-electron chi connectivity index (χ4n) is 6.18. The number of nitrogens with zero attached hydrogens (tertiary/aromatic N) is 2. The largest absolute Gasteiger partial charge is 0.478 e. The molecule has 2 aromatic carbocycles. The van der Waals surface area contributed by atoms with Gasteiger partial charge in [-0.3, -0.25) is 0 Å². The van der Waals surface area contributed by atoms with E-state index < -0.39 is 17.7 Å². The normalized spacial score (nSPS) is 18.9. The van der Waals surface area contributed by atoms with Gasteiger partial charge in [-0.15, -0.1) is 0 Å². The molecule has 3 aromatic rings. The van der Waals surface area contributed by atoms with E-state index in [4.69, 9.17) is 4.98 Å². The van der Waals surface area contributed by atoms with Gasteiger partial charge in [-0.25, -0.2) is 9.78 Å². The van der Waals surface area contributed by atoms with Gasteiger partial charge in [0.25, 0.3) is 0 Å². The van der Waals surface area contributed by atoms with Crippen LogP contribution in [0.5, 0.6) is 0 Å². The van der Waals surface area contributed by atoms with Gasteiger partial charge in [0.15, 0.2) is 0 Å². The Labute approximate surface area is 208 Å². The highest BCUT2D eigenvalue weighted by atomic mass is 19.4. The zero-order valence-corrected chi connectivity index (χ0v) is 20.2. The van der Waals surface area contributed by atoms with E-state index in [2.05, 4.69) is 5.32 Å². The Balaban J connectivity index is 1.75. The van der Waals surface area contributed by atoms with Gasteiger partial charge < -0.3 is 14.9 Å². The van der Waals surface area contributed by atoms with Crippen LogP contribution in [0.15, 0.2) is 48.5 Å². The lowest BCUT2D eigenvalue weighted by molar-refractivity contribution is -0.968. The molecule has 0 aliphatic carbocycles. The third-order valence-corrected chi connectivity index (χ3v) is 7.94. The second kappa shape index (κ2) is 9.82. The molecule has 0 radical (unpaired) electrons. The van der Waals surface area contributed by atoms with E-state index in [-0.39, 0.29) is 16.5 Å². The molecule has 0 amide bonds. The Bertz CT molecular complexity index is 1250. The summed E-state index contributed by atoms with van der Waals surface area (Å²) in [4.78, 5) is 17.5. The highest BCUT2D eigenvalue weighted by Crippen LogP contribution is 2.39. The number of hydrogen-bond acceptors (Lipinski definition) is 3. The lowest BCUT2D eigenvalue weighted by Gasteiger charge is -2.49. The number of halogens is 3. The summed E-state index contributed by atoms with van der Waals surface area (Å²) < 4.78 is 41.3. The van der Waals surface area contributed by atoms with Gasteiger partial charge in [0.1, 0.15) is 6.54 Å². The molecule has 190 valence electrons. The summed E-state index contributed by atoms with van der Waals surface area (Å²) in [6.07, 6.45) is 0.853. The molecular weight excluding hydrogens is 467 g/mol. The fraction of sp³-hybridized carbons (Fsp3) is 0.429. The van der Waals surface area contributed by atoms with E-state index >= 15 is 0 Å². The van der Waals surface area contributed by atoms with Crippen LogP contribution < -0.4 is 5.32 Å². The number of pyridine rings is 1. The van der Waals surface area contributed by atoms with Crippen molar-refractivity contribution in [2.45, 2.75) is 50.9 Å². The number of likely N-dealkylation sites (tertiary alicyclic amines) is 1. The molecule has 0 unspecified atom stereocenters. The smallest absolute Gasteiger partial charge is 0.416 e. The molecule has 1 aromatic heterocycles. The molecule has 2 N–H and O–H groups in total. The number of piperidine rings is 2. The minimum Gasteiger partial charge on any atom is -0.478 e. The minimum atomic E-state index is -4.54. The van der Waals surface area contributed by atoms with Crippen LogP contribution in [-0.2, 0) is 12.7 Å². The molecule has 2 aliphatic heterocycles. The Hall–Kier alpha value is -2.97. The van der Waals surface area contributed by atoms with E-state index in [1.807, 2.05) is 30.3 Å². The van der Waals surface area contributed by atoms with Crippen molar-refractivity contribution < 1.29 is 27.6 Å². The Morgan fingerprint density at radius 1 is 1.03 bits per heavy atom. The summed E-state index contributed by atoms with van der Waals surface area (Å²) in [5, 5.41) is 14.1. The summed E-state index contributed by atoms with van der Waals surface area (Å²) >= 11 is 0. The van der Waals surface area contributed by atoms with E-state index in [9.17, 15) is 23.1 Å². The van der Waals surface area contributed by atoms with Gasteiger partial charge in [0.2, 0.25) is 0 Å². The Morgan fingerprint density at radius 2 is 1.72 bits per heavy atom. The first kappa shape index (κ1) is 24.7. The maximum absolute atomic E-state index is 13.5. The van der Waals surface area contributed by atoms with Crippen LogP contribution in [0.3, 0.4) is 0 Å². The molecule has 5 rings (SSSR count). The second-order valence-electron chi connectivity index (χ2n) is 10.1. The first-order valence-corrected chi connectivity index (χ1v) is 12.7. The number of fused-ring (bicyclic) bond motifs is 1. The van der Waals surface area contributed by atoms with Crippen molar-refractivity contribution in [1.29, 1.82) is 0 Å². The van der Waals surface area contributed by atoms with Gasteiger partial charge >= 0.3 is 12.1 Å². The minimum absolute atomic E-state index is 0.0527. The molecule has 0 atom stereocenters. The second-order valence-corrected chi connectivity index (χ2v) is 10.1. The first-order valence-electron chi connectivity index (χ1n) is 12.7. The third-order valence-electron chi connectivity index (χ3n) is 7.94. The standard InChI is InChI=1S/C28H30F3N3O2/c29-28(30,31)20-9-10-22-24(17-20)33-26(19-7-3-1-4-8-19)23(25(22)27(35)36)18-34(15-5-2-6-16-34)21-11-13-32-14-12-21/h1,3-4,7-10,17,21,32H,2,5-6,11-16,18H2/p+1. The number of alkyl halides is 3. The molecule has 2 aliphatic rings. The van der Waals surface area contributed by atoms with Crippen molar-refractivity contribution in [2.75, 3.05) is 26.2 Å². The summed E-state index contributed by atoms with van der Waals surface area (Å²) in [5.41, 5.74) is 1.11. The third kappa shape index (κ3) is 4.72. The molecule has 3 heterocycles. The molecular formula is C28H31F3N3O2+. The molecule has 2 saturated heterocycles. The summed E-state index contributed by atoms with van der Waals surface area (Å²) in [6.45, 7) is 4.35. The average molecular weight is 499 g/mol. The van der Waals surface area contributed by atoms with Crippen molar-refractivity contribution in [3.63, 3.8) is 0 Å². The number of rotatable bonds is 5. The van der Waals surface area contributed by atoms with Crippen LogP contribution in [0.2, 0.25) is 0 Å². The highest BCUT2D eigenvalue weighted by molar-refractivity contribution is 6.05. The van der Waals surface area contributed by atoms with Crippen molar-refractivity contribution in [2.24, 2.45) is 0 Å². The predicted molar refractivity (Wildman–Crippen MR) is 133 cm³/mol. The number of carboxylic acid groups (broad SMARTS) is 1. The Kier molecular flexibility index (Phi) is 6.74. The number of hydrogen-bond donors (Lipinski definition) is 2. The predicted octanol–water partition coefficient (Wildman–Crippen LogP) is 5.87.